The fourth-order valence-electron chi connectivity index (χ4n) is 3.35. The Balaban J connectivity index is 2.16. The molecule has 0 radical (unpaired) electrons. The molecule has 0 saturated carbocycles. The highest BCUT2D eigenvalue weighted by Gasteiger charge is 2.21. The van der Waals surface area contributed by atoms with Crippen LogP contribution >= 0.6 is 27.5 Å². The van der Waals surface area contributed by atoms with Gasteiger partial charge >= 0.3 is 5.97 Å². The second-order valence-corrected chi connectivity index (χ2v) is 9.19. The van der Waals surface area contributed by atoms with Crippen LogP contribution in [0.15, 0.2) is 44.7 Å². The summed E-state index contributed by atoms with van der Waals surface area (Å²) in [5, 5.41) is 5.28. The summed E-state index contributed by atoms with van der Waals surface area (Å²) in [6, 6.07) is 8.54. The van der Waals surface area contributed by atoms with E-state index in [0.29, 0.717) is 33.1 Å². The van der Waals surface area contributed by atoms with Crippen LogP contribution in [0.2, 0.25) is 5.02 Å². The van der Waals surface area contributed by atoms with Gasteiger partial charge in [-0.25, -0.2) is 9.78 Å². The number of carbonyl (C=O) groups is 1. The van der Waals surface area contributed by atoms with Gasteiger partial charge in [0.05, 0.1) is 30.8 Å². The van der Waals surface area contributed by atoms with E-state index >= 15 is 0 Å². The second kappa shape index (κ2) is 11.7. The number of hydrogen-bond donors (Lipinski definition) is 0. The van der Waals surface area contributed by atoms with E-state index in [1.165, 1.54) is 18.0 Å². The van der Waals surface area contributed by atoms with Gasteiger partial charge in [0.1, 0.15) is 5.82 Å². The zero-order valence-electron chi connectivity index (χ0n) is 20.2. The van der Waals surface area contributed by atoms with Gasteiger partial charge in [0.15, 0.2) is 17.6 Å². The number of fused-ring (bicyclic) bond motifs is 1. The number of nitrogens with zero attached hydrogens (tertiary/aromatic N) is 3. The zero-order chi connectivity index (χ0) is 25.7. The Morgan fingerprint density at radius 3 is 2.66 bits per heavy atom. The second-order valence-electron chi connectivity index (χ2n) is 7.84. The molecule has 0 fully saturated rings. The fourth-order valence-corrected chi connectivity index (χ4v) is 3.92. The molecule has 0 amide bonds. The Labute approximate surface area is 217 Å². The van der Waals surface area contributed by atoms with E-state index in [2.05, 4.69) is 21.0 Å². The molecule has 10 heteroatoms. The van der Waals surface area contributed by atoms with Crippen LogP contribution in [0.3, 0.4) is 0 Å². The van der Waals surface area contributed by atoms with Crippen LogP contribution in [0.25, 0.3) is 10.9 Å². The van der Waals surface area contributed by atoms with E-state index in [1.54, 1.807) is 38.1 Å². The summed E-state index contributed by atoms with van der Waals surface area (Å²) < 4.78 is 18.4. The van der Waals surface area contributed by atoms with Crippen LogP contribution in [0, 0.1) is 0 Å². The lowest BCUT2D eigenvalue weighted by molar-refractivity contribution is -0.150. The molecule has 1 aromatic heterocycles. The van der Waals surface area contributed by atoms with Gasteiger partial charge in [-0.3, -0.25) is 4.79 Å². The number of esters is 1. The van der Waals surface area contributed by atoms with Gasteiger partial charge in [0, 0.05) is 27.0 Å². The topological polar surface area (TPSA) is 92.0 Å². The minimum absolute atomic E-state index is 0.0265. The van der Waals surface area contributed by atoms with Crippen LogP contribution in [-0.2, 0) is 9.53 Å². The quantitative estimate of drug-likeness (QED) is 0.250. The van der Waals surface area contributed by atoms with E-state index in [4.69, 9.17) is 30.8 Å². The number of halogens is 2. The lowest BCUT2D eigenvalue weighted by Crippen LogP contribution is -2.27. The highest BCUT2D eigenvalue weighted by molar-refractivity contribution is 9.10. The number of methoxy groups -OCH3 is 1. The summed E-state index contributed by atoms with van der Waals surface area (Å²) >= 11 is 9.70. The smallest absolute Gasteiger partial charge is 0.347 e. The highest BCUT2D eigenvalue weighted by atomic mass is 79.9. The molecule has 3 rings (SSSR count). The largest absolute Gasteiger partial charge is 0.493 e. The summed E-state index contributed by atoms with van der Waals surface area (Å²) in [5.41, 5.74) is 0.706. The Bertz CT molecular complexity index is 1320. The molecule has 0 aliphatic heterocycles. The van der Waals surface area contributed by atoms with Crippen molar-refractivity contribution in [2.24, 2.45) is 5.10 Å². The van der Waals surface area contributed by atoms with Crippen LogP contribution in [0.5, 0.6) is 11.5 Å². The zero-order valence-corrected chi connectivity index (χ0v) is 22.5. The van der Waals surface area contributed by atoms with Crippen LogP contribution in [-0.4, -0.2) is 41.7 Å². The SMILES string of the molecule is CCOC(=O)[C@@H](C)Oc1c(C=Nn2c([C@H](C)CC)nc3ccc(Br)cc3c2=O)cc(Cl)cc1OC. The minimum atomic E-state index is -0.907. The predicted molar refractivity (Wildman–Crippen MR) is 140 cm³/mol. The molecule has 0 spiro atoms. The molecule has 0 aliphatic carbocycles. The van der Waals surface area contributed by atoms with Crippen molar-refractivity contribution in [2.75, 3.05) is 13.7 Å². The number of ether oxygens (including phenoxy) is 3. The van der Waals surface area contributed by atoms with E-state index < -0.39 is 12.1 Å². The molecular formula is C25H27BrClN3O5. The van der Waals surface area contributed by atoms with Crippen LogP contribution in [0.1, 0.15) is 51.4 Å². The third-order valence-electron chi connectivity index (χ3n) is 5.38. The number of rotatable bonds is 9. The van der Waals surface area contributed by atoms with Gasteiger partial charge in [-0.2, -0.15) is 9.78 Å². The predicted octanol–water partition coefficient (Wildman–Crippen LogP) is 5.55. The maximum atomic E-state index is 13.4. The Morgan fingerprint density at radius 1 is 1.26 bits per heavy atom. The molecule has 3 aromatic rings. The molecule has 186 valence electrons. The molecule has 0 bridgehead atoms. The van der Waals surface area contributed by atoms with Gasteiger partial charge in [-0.05, 0) is 44.5 Å². The Kier molecular flexibility index (Phi) is 8.91. The van der Waals surface area contributed by atoms with Crippen molar-refractivity contribution in [2.45, 2.75) is 46.1 Å². The molecule has 2 atom stereocenters. The van der Waals surface area contributed by atoms with Crippen molar-refractivity contribution < 1.29 is 19.0 Å². The van der Waals surface area contributed by atoms with Crippen LogP contribution < -0.4 is 15.0 Å². The van der Waals surface area contributed by atoms with Crippen molar-refractivity contribution in [3.63, 3.8) is 0 Å². The first-order valence-corrected chi connectivity index (χ1v) is 12.3. The Morgan fingerprint density at radius 2 is 2.00 bits per heavy atom. The maximum Gasteiger partial charge on any atom is 0.347 e. The molecule has 8 nitrogen and oxygen atoms in total. The molecule has 0 unspecified atom stereocenters. The van der Waals surface area contributed by atoms with Crippen molar-refractivity contribution in [1.82, 2.24) is 9.66 Å². The lowest BCUT2D eigenvalue weighted by atomic mass is 10.1. The molecule has 1 heterocycles. The van der Waals surface area contributed by atoms with E-state index in [-0.39, 0.29) is 23.8 Å². The minimum Gasteiger partial charge on any atom is -0.493 e. The van der Waals surface area contributed by atoms with Crippen molar-refractivity contribution >= 4 is 50.6 Å². The fraction of sp³-hybridized carbons (Fsp3) is 0.360. The van der Waals surface area contributed by atoms with Crippen LogP contribution in [0.4, 0.5) is 0 Å². The van der Waals surface area contributed by atoms with Gasteiger partial charge in [0.25, 0.3) is 5.56 Å². The summed E-state index contributed by atoms with van der Waals surface area (Å²) in [7, 11) is 1.46. The number of benzene rings is 2. The molecule has 0 N–H and O–H groups in total. The summed E-state index contributed by atoms with van der Waals surface area (Å²) in [6.45, 7) is 7.51. The van der Waals surface area contributed by atoms with E-state index in [9.17, 15) is 9.59 Å². The van der Waals surface area contributed by atoms with Gasteiger partial charge in [-0.15, -0.1) is 0 Å². The maximum absolute atomic E-state index is 13.4. The summed E-state index contributed by atoms with van der Waals surface area (Å²) in [6.07, 6.45) is 1.30. The molecule has 35 heavy (non-hydrogen) atoms. The first kappa shape index (κ1) is 26.7. The number of hydrogen-bond acceptors (Lipinski definition) is 7. The summed E-state index contributed by atoms with van der Waals surface area (Å²) in [5.74, 6) is 0.536. The van der Waals surface area contributed by atoms with Gasteiger partial charge in [-0.1, -0.05) is 41.4 Å². The third kappa shape index (κ3) is 6.02. The first-order valence-electron chi connectivity index (χ1n) is 11.2. The highest BCUT2D eigenvalue weighted by Crippen LogP contribution is 2.35. The molecule has 0 saturated heterocycles. The molecular weight excluding hydrogens is 538 g/mol. The summed E-state index contributed by atoms with van der Waals surface area (Å²) in [4.78, 5) is 30.3. The number of carbonyl (C=O) groups excluding carboxylic acids is 1. The van der Waals surface area contributed by atoms with E-state index in [1.807, 2.05) is 19.9 Å². The van der Waals surface area contributed by atoms with Crippen molar-refractivity contribution in [3.05, 3.63) is 61.6 Å². The number of aromatic nitrogens is 2. The molecule has 0 aliphatic rings. The van der Waals surface area contributed by atoms with Crippen molar-refractivity contribution in [3.8, 4) is 11.5 Å². The molecule has 2 aromatic carbocycles. The standard InChI is InChI=1S/C25H27BrClN3O5/c1-6-14(3)23-29-20-9-8-17(26)11-19(20)24(31)30(23)28-13-16-10-18(27)12-21(33-5)22(16)35-15(4)25(32)34-7-2/h8-15H,6-7H2,1-5H3/t14-,15-/m1/s1. The van der Waals surface area contributed by atoms with Crippen molar-refractivity contribution in [1.29, 1.82) is 0 Å². The average molecular weight is 565 g/mol. The first-order chi connectivity index (χ1) is 16.7. The normalized spacial score (nSPS) is 13.1. The third-order valence-corrected chi connectivity index (χ3v) is 6.09. The van der Waals surface area contributed by atoms with Gasteiger partial charge in [0.2, 0.25) is 0 Å². The van der Waals surface area contributed by atoms with Gasteiger partial charge < -0.3 is 14.2 Å². The average Bonchev–Trinajstić information content (AvgIpc) is 2.84. The Hall–Kier alpha value is -2.91. The van der Waals surface area contributed by atoms with E-state index in [0.717, 1.165) is 10.9 Å². The lowest BCUT2D eigenvalue weighted by Gasteiger charge is -2.18. The monoisotopic (exact) mass is 563 g/mol.